The molecule has 3 fully saturated rings. The van der Waals surface area contributed by atoms with Gasteiger partial charge in [0, 0.05) is 43.2 Å². The standard InChI is InChI=1S/C33H45N3O6/c1-22-30(20-36-17-7-10-29(36)19-35-15-4-5-16-35)41-33(42-31(22)26-13-11-25(21-37)12-14-26)27-8-6-9-28(18-27)34-32(39)23(2)40-24(3)38/h6,8-9,11-14,18,22-23,29-31,33,37H,4-5,7,10,15-17,19-21H2,1-3H3,(H,34,39). The van der Waals surface area contributed by atoms with E-state index < -0.39 is 24.3 Å². The van der Waals surface area contributed by atoms with E-state index in [9.17, 15) is 14.7 Å². The third kappa shape index (κ3) is 7.57. The number of nitrogens with zero attached hydrogens (tertiary/aromatic N) is 2. The number of carbonyl (C=O) groups is 2. The van der Waals surface area contributed by atoms with Crippen molar-refractivity contribution in [2.75, 3.05) is 38.0 Å². The molecule has 0 saturated carbocycles. The van der Waals surface area contributed by atoms with Crippen molar-refractivity contribution in [3.05, 3.63) is 65.2 Å². The van der Waals surface area contributed by atoms with Crippen molar-refractivity contribution in [1.29, 1.82) is 0 Å². The average Bonchev–Trinajstić information content (AvgIpc) is 3.66. The van der Waals surface area contributed by atoms with Crippen LogP contribution in [-0.2, 0) is 30.4 Å². The molecule has 2 N–H and O–H groups in total. The van der Waals surface area contributed by atoms with Gasteiger partial charge in [-0.3, -0.25) is 14.5 Å². The Bertz CT molecular complexity index is 1200. The SMILES string of the molecule is CC(=O)OC(C)C(=O)Nc1cccc(C2OC(CN3CCCC3CN3CCCC3)C(C)C(c3ccc(CO)cc3)O2)c1. The Balaban J connectivity index is 1.35. The summed E-state index contributed by atoms with van der Waals surface area (Å²) in [7, 11) is 0. The van der Waals surface area contributed by atoms with E-state index in [1.165, 1.54) is 45.7 Å². The van der Waals surface area contributed by atoms with Gasteiger partial charge < -0.3 is 29.5 Å². The molecule has 1 amide bonds. The van der Waals surface area contributed by atoms with E-state index in [1.54, 1.807) is 13.0 Å². The monoisotopic (exact) mass is 579 g/mol. The van der Waals surface area contributed by atoms with Crippen LogP contribution >= 0.6 is 0 Å². The lowest BCUT2D eigenvalue weighted by Crippen LogP contribution is -2.48. The molecule has 0 bridgehead atoms. The summed E-state index contributed by atoms with van der Waals surface area (Å²) in [4.78, 5) is 29.1. The first-order valence-electron chi connectivity index (χ1n) is 15.4. The van der Waals surface area contributed by atoms with Crippen LogP contribution in [0.3, 0.4) is 0 Å². The van der Waals surface area contributed by atoms with Crippen molar-refractivity contribution >= 4 is 17.6 Å². The second-order valence-electron chi connectivity index (χ2n) is 12.0. The van der Waals surface area contributed by atoms with Crippen LogP contribution in [0.25, 0.3) is 0 Å². The van der Waals surface area contributed by atoms with Crippen LogP contribution in [0.1, 0.15) is 75.5 Å². The zero-order valence-electron chi connectivity index (χ0n) is 25.0. The largest absolute Gasteiger partial charge is 0.453 e. The number of hydrogen-bond donors (Lipinski definition) is 2. The van der Waals surface area contributed by atoms with Gasteiger partial charge in [-0.1, -0.05) is 43.3 Å². The molecule has 42 heavy (non-hydrogen) atoms. The molecule has 228 valence electrons. The molecule has 3 heterocycles. The number of nitrogens with one attached hydrogen (secondary N) is 1. The van der Waals surface area contributed by atoms with E-state index in [-0.39, 0.29) is 24.7 Å². The number of esters is 1. The van der Waals surface area contributed by atoms with Gasteiger partial charge in [-0.25, -0.2) is 0 Å². The summed E-state index contributed by atoms with van der Waals surface area (Å²) in [5.41, 5.74) is 3.29. The second kappa shape index (κ2) is 14.1. The van der Waals surface area contributed by atoms with Crippen molar-refractivity contribution < 1.29 is 28.9 Å². The number of likely N-dealkylation sites (tertiary alicyclic amines) is 2. The second-order valence-corrected chi connectivity index (χ2v) is 12.0. The normalized spacial score (nSPS) is 27.6. The number of benzene rings is 2. The van der Waals surface area contributed by atoms with E-state index in [0.29, 0.717) is 11.7 Å². The van der Waals surface area contributed by atoms with Crippen molar-refractivity contribution in [2.45, 2.75) is 83.7 Å². The van der Waals surface area contributed by atoms with Crippen LogP contribution in [0.2, 0.25) is 0 Å². The predicted octanol–water partition coefficient (Wildman–Crippen LogP) is 4.42. The maximum absolute atomic E-state index is 12.6. The highest BCUT2D eigenvalue weighted by molar-refractivity contribution is 5.95. The summed E-state index contributed by atoms with van der Waals surface area (Å²) in [5.74, 6) is -0.810. The Morgan fingerprint density at radius 2 is 1.79 bits per heavy atom. The molecule has 9 heteroatoms. The summed E-state index contributed by atoms with van der Waals surface area (Å²) in [6.07, 6.45) is 3.22. The molecule has 3 aliphatic heterocycles. The number of amides is 1. The number of aliphatic hydroxyl groups is 1. The number of hydrogen-bond acceptors (Lipinski definition) is 8. The lowest BCUT2D eigenvalue weighted by molar-refractivity contribution is -0.276. The lowest BCUT2D eigenvalue weighted by Gasteiger charge is -2.43. The Morgan fingerprint density at radius 3 is 2.50 bits per heavy atom. The number of aliphatic hydroxyl groups excluding tert-OH is 1. The zero-order chi connectivity index (χ0) is 29.6. The molecule has 6 atom stereocenters. The van der Waals surface area contributed by atoms with Crippen molar-refractivity contribution in [3.8, 4) is 0 Å². The molecule has 3 saturated heterocycles. The molecule has 2 aromatic carbocycles. The molecule has 0 aromatic heterocycles. The molecule has 0 aliphatic carbocycles. The van der Waals surface area contributed by atoms with Gasteiger partial charge in [0.15, 0.2) is 12.4 Å². The first-order chi connectivity index (χ1) is 20.3. The number of ether oxygens (including phenoxy) is 3. The van der Waals surface area contributed by atoms with Gasteiger partial charge >= 0.3 is 5.97 Å². The van der Waals surface area contributed by atoms with Crippen LogP contribution < -0.4 is 5.32 Å². The Labute approximate surface area is 249 Å². The van der Waals surface area contributed by atoms with E-state index in [0.717, 1.165) is 36.3 Å². The van der Waals surface area contributed by atoms with Crippen LogP contribution in [0, 0.1) is 5.92 Å². The van der Waals surface area contributed by atoms with Gasteiger partial charge in [-0.15, -0.1) is 0 Å². The van der Waals surface area contributed by atoms with Crippen molar-refractivity contribution in [2.24, 2.45) is 5.92 Å². The fraction of sp³-hybridized carbons (Fsp3) is 0.576. The molecule has 2 aromatic rings. The van der Waals surface area contributed by atoms with Gasteiger partial charge in [0.05, 0.1) is 18.8 Å². The van der Waals surface area contributed by atoms with Crippen LogP contribution in [-0.4, -0.2) is 77.8 Å². The highest BCUT2D eigenvalue weighted by atomic mass is 16.7. The zero-order valence-corrected chi connectivity index (χ0v) is 25.0. The maximum Gasteiger partial charge on any atom is 0.303 e. The summed E-state index contributed by atoms with van der Waals surface area (Å²) >= 11 is 0. The van der Waals surface area contributed by atoms with Crippen LogP contribution in [0.15, 0.2) is 48.5 Å². The smallest absolute Gasteiger partial charge is 0.303 e. The molecular weight excluding hydrogens is 534 g/mol. The minimum atomic E-state index is -0.904. The number of anilines is 1. The van der Waals surface area contributed by atoms with E-state index in [1.807, 2.05) is 42.5 Å². The minimum Gasteiger partial charge on any atom is -0.453 e. The summed E-state index contributed by atoms with van der Waals surface area (Å²) in [6.45, 7) is 10.5. The van der Waals surface area contributed by atoms with Gasteiger partial charge in [0.1, 0.15) is 0 Å². The molecule has 3 aliphatic rings. The Hall–Kier alpha value is -2.82. The molecule has 0 spiro atoms. The first kappa shape index (κ1) is 30.6. The van der Waals surface area contributed by atoms with E-state index >= 15 is 0 Å². The van der Waals surface area contributed by atoms with Crippen molar-refractivity contribution in [1.82, 2.24) is 9.80 Å². The highest BCUT2D eigenvalue weighted by Gasteiger charge is 2.41. The predicted molar refractivity (Wildman–Crippen MR) is 160 cm³/mol. The molecule has 9 nitrogen and oxygen atoms in total. The molecule has 5 rings (SSSR count). The fourth-order valence-corrected chi connectivity index (χ4v) is 6.47. The third-order valence-electron chi connectivity index (χ3n) is 8.84. The van der Waals surface area contributed by atoms with Gasteiger partial charge in [-0.05, 0) is 75.5 Å². The maximum atomic E-state index is 12.6. The van der Waals surface area contributed by atoms with E-state index in [2.05, 4.69) is 22.0 Å². The number of rotatable bonds is 10. The average molecular weight is 580 g/mol. The first-order valence-corrected chi connectivity index (χ1v) is 15.4. The molecule has 6 unspecified atom stereocenters. The summed E-state index contributed by atoms with van der Waals surface area (Å²) in [6, 6.07) is 15.9. The third-order valence-corrected chi connectivity index (χ3v) is 8.84. The Kier molecular flexibility index (Phi) is 10.3. The van der Waals surface area contributed by atoms with Gasteiger partial charge in [-0.2, -0.15) is 0 Å². The Morgan fingerprint density at radius 1 is 1.02 bits per heavy atom. The minimum absolute atomic E-state index is 0.00231. The quantitative estimate of drug-likeness (QED) is 0.399. The highest BCUT2D eigenvalue weighted by Crippen LogP contribution is 2.42. The summed E-state index contributed by atoms with van der Waals surface area (Å²) < 4.78 is 18.4. The van der Waals surface area contributed by atoms with Crippen LogP contribution in [0.5, 0.6) is 0 Å². The van der Waals surface area contributed by atoms with Gasteiger partial charge in [0.25, 0.3) is 5.91 Å². The molecule has 0 radical (unpaired) electrons. The van der Waals surface area contributed by atoms with Crippen molar-refractivity contribution in [3.63, 3.8) is 0 Å². The van der Waals surface area contributed by atoms with Gasteiger partial charge in [0.2, 0.25) is 0 Å². The lowest BCUT2D eigenvalue weighted by atomic mass is 9.90. The van der Waals surface area contributed by atoms with E-state index in [4.69, 9.17) is 14.2 Å². The topological polar surface area (TPSA) is 101 Å². The number of carbonyl (C=O) groups excluding carboxylic acids is 2. The molecular formula is C33H45N3O6. The summed E-state index contributed by atoms with van der Waals surface area (Å²) in [5, 5.41) is 12.4. The van der Waals surface area contributed by atoms with Crippen LogP contribution in [0.4, 0.5) is 5.69 Å². The fourth-order valence-electron chi connectivity index (χ4n) is 6.47.